The van der Waals surface area contributed by atoms with Gasteiger partial charge in [0.05, 0.1) is 11.0 Å². The van der Waals surface area contributed by atoms with E-state index in [1.54, 1.807) is 19.4 Å². The number of anilines is 1. The Morgan fingerprint density at radius 2 is 2.24 bits per heavy atom. The molecule has 1 N–H and O–H groups in total. The molecule has 1 fully saturated rings. The van der Waals surface area contributed by atoms with Crippen molar-refractivity contribution in [1.82, 2.24) is 4.98 Å². The van der Waals surface area contributed by atoms with Gasteiger partial charge in [-0.05, 0) is 25.3 Å². The number of hydrogen-bond acceptors (Lipinski definition) is 5. The molecule has 0 amide bonds. The number of nitrogens with zero attached hydrogens (tertiary/aromatic N) is 2. The lowest BCUT2D eigenvalue weighted by atomic mass is 10.1. The highest BCUT2D eigenvalue weighted by Crippen LogP contribution is 2.31. The van der Waals surface area contributed by atoms with E-state index in [0.29, 0.717) is 17.7 Å². The molecule has 1 aliphatic carbocycles. The number of rotatable bonds is 4. The van der Waals surface area contributed by atoms with Crippen LogP contribution in [0.25, 0.3) is 10.9 Å². The molecule has 2 unspecified atom stereocenters. The van der Waals surface area contributed by atoms with E-state index >= 15 is 0 Å². The number of nitro groups is 1. The van der Waals surface area contributed by atoms with E-state index in [0.717, 1.165) is 30.3 Å². The number of ether oxygens (including phenoxy) is 1. The lowest BCUT2D eigenvalue weighted by molar-refractivity contribution is -0.383. The summed E-state index contributed by atoms with van der Waals surface area (Å²) in [6.45, 7) is 0. The molecule has 0 saturated heterocycles. The molecule has 0 bridgehead atoms. The van der Waals surface area contributed by atoms with Crippen LogP contribution in [0.3, 0.4) is 0 Å². The maximum absolute atomic E-state index is 11.1. The average molecular weight is 287 g/mol. The third kappa shape index (κ3) is 2.67. The highest BCUT2D eigenvalue weighted by molar-refractivity contribution is 5.96. The summed E-state index contributed by atoms with van der Waals surface area (Å²) in [5.74, 6) is 0. The van der Waals surface area contributed by atoms with Gasteiger partial charge in [-0.1, -0.05) is 12.1 Å². The van der Waals surface area contributed by atoms with Crippen molar-refractivity contribution in [2.45, 2.75) is 31.4 Å². The molecule has 6 nitrogen and oxygen atoms in total. The van der Waals surface area contributed by atoms with Gasteiger partial charge in [0.15, 0.2) is 0 Å². The molecule has 110 valence electrons. The van der Waals surface area contributed by atoms with Gasteiger partial charge in [-0.2, -0.15) is 0 Å². The number of nitro benzene ring substituents is 1. The summed E-state index contributed by atoms with van der Waals surface area (Å²) >= 11 is 0. The Morgan fingerprint density at radius 1 is 1.38 bits per heavy atom. The monoisotopic (exact) mass is 287 g/mol. The number of para-hydroxylation sites is 1. The lowest BCUT2D eigenvalue weighted by Gasteiger charge is -2.16. The van der Waals surface area contributed by atoms with E-state index < -0.39 is 4.92 Å². The largest absolute Gasteiger partial charge is 0.382 e. The molecule has 3 rings (SSSR count). The summed E-state index contributed by atoms with van der Waals surface area (Å²) in [6.07, 6.45) is 4.94. The molecular weight excluding hydrogens is 270 g/mol. The topological polar surface area (TPSA) is 77.3 Å². The molecule has 2 aromatic rings. The zero-order valence-corrected chi connectivity index (χ0v) is 11.8. The molecular formula is C15H17N3O3. The molecule has 1 aromatic carbocycles. The van der Waals surface area contributed by atoms with Crippen molar-refractivity contribution in [3.8, 4) is 0 Å². The van der Waals surface area contributed by atoms with Crippen LogP contribution in [0.2, 0.25) is 0 Å². The van der Waals surface area contributed by atoms with Gasteiger partial charge in [0.25, 0.3) is 5.69 Å². The average Bonchev–Trinajstić information content (AvgIpc) is 2.94. The first-order valence-electron chi connectivity index (χ1n) is 7.00. The van der Waals surface area contributed by atoms with Crippen LogP contribution in [0.4, 0.5) is 11.4 Å². The van der Waals surface area contributed by atoms with Gasteiger partial charge in [0.1, 0.15) is 5.52 Å². The minimum absolute atomic E-state index is 0.0392. The van der Waals surface area contributed by atoms with Crippen molar-refractivity contribution in [1.29, 1.82) is 0 Å². The van der Waals surface area contributed by atoms with Crippen molar-refractivity contribution < 1.29 is 9.66 Å². The molecule has 6 heteroatoms. The summed E-state index contributed by atoms with van der Waals surface area (Å²) in [4.78, 5) is 14.9. The Kier molecular flexibility index (Phi) is 3.70. The smallest absolute Gasteiger partial charge is 0.295 e. The zero-order chi connectivity index (χ0) is 14.8. The molecule has 1 aliphatic rings. The highest BCUT2D eigenvalue weighted by Gasteiger charge is 2.25. The molecule has 1 saturated carbocycles. The van der Waals surface area contributed by atoms with Crippen LogP contribution in [0.15, 0.2) is 30.5 Å². The van der Waals surface area contributed by atoms with Crippen LogP contribution in [-0.4, -0.2) is 29.2 Å². The number of benzene rings is 1. The molecule has 1 heterocycles. The number of non-ortho nitro benzene ring substituents is 1. The van der Waals surface area contributed by atoms with Gasteiger partial charge >= 0.3 is 0 Å². The van der Waals surface area contributed by atoms with Gasteiger partial charge in [0.2, 0.25) is 0 Å². The third-order valence-electron chi connectivity index (χ3n) is 4.02. The molecule has 1 aromatic heterocycles. The summed E-state index contributed by atoms with van der Waals surface area (Å²) in [6, 6.07) is 7.24. The standard InChI is InChI=1S/C15H17N3O3/c1-21-11-6-5-10(9-11)17-13-7-8-16-15-12(13)3-2-4-14(15)18(19)20/h2-4,7-8,10-11H,5-6,9H2,1H3,(H,16,17). The highest BCUT2D eigenvalue weighted by atomic mass is 16.6. The lowest BCUT2D eigenvalue weighted by Crippen LogP contribution is -2.17. The minimum atomic E-state index is -0.393. The Bertz CT molecular complexity index is 674. The number of aromatic nitrogens is 1. The van der Waals surface area contributed by atoms with E-state index in [9.17, 15) is 10.1 Å². The van der Waals surface area contributed by atoms with Crippen molar-refractivity contribution in [2.75, 3.05) is 12.4 Å². The Morgan fingerprint density at radius 3 is 2.95 bits per heavy atom. The second-order valence-corrected chi connectivity index (χ2v) is 5.30. The van der Waals surface area contributed by atoms with Crippen molar-refractivity contribution in [3.63, 3.8) is 0 Å². The first kappa shape index (κ1) is 13.8. The number of fused-ring (bicyclic) bond motifs is 1. The SMILES string of the molecule is COC1CCC(Nc2ccnc3c([N+](=O)[O-])cccc23)C1. The molecule has 2 atom stereocenters. The second-order valence-electron chi connectivity index (χ2n) is 5.30. The van der Waals surface area contributed by atoms with E-state index in [4.69, 9.17) is 4.74 Å². The first-order chi connectivity index (χ1) is 10.2. The maximum atomic E-state index is 11.1. The van der Waals surface area contributed by atoms with Crippen LogP contribution in [-0.2, 0) is 4.74 Å². The number of nitrogens with one attached hydrogen (secondary N) is 1. The maximum Gasteiger partial charge on any atom is 0.295 e. The second kappa shape index (κ2) is 5.65. The van der Waals surface area contributed by atoms with E-state index in [1.165, 1.54) is 6.07 Å². The van der Waals surface area contributed by atoms with Gasteiger partial charge in [-0.3, -0.25) is 10.1 Å². The predicted octanol–water partition coefficient (Wildman–Crippen LogP) is 3.12. The van der Waals surface area contributed by atoms with Gasteiger partial charge in [0, 0.05) is 36.5 Å². The van der Waals surface area contributed by atoms with Gasteiger partial charge < -0.3 is 10.1 Å². The fourth-order valence-corrected chi connectivity index (χ4v) is 2.94. The minimum Gasteiger partial charge on any atom is -0.382 e. The summed E-state index contributed by atoms with van der Waals surface area (Å²) in [5, 5.41) is 15.3. The summed E-state index contributed by atoms with van der Waals surface area (Å²) in [7, 11) is 1.73. The van der Waals surface area contributed by atoms with Crippen molar-refractivity contribution >= 4 is 22.3 Å². The van der Waals surface area contributed by atoms with Gasteiger partial charge in [-0.25, -0.2) is 4.98 Å². The normalized spacial score (nSPS) is 21.6. The zero-order valence-electron chi connectivity index (χ0n) is 11.8. The number of hydrogen-bond donors (Lipinski definition) is 1. The van der Waals surface area contributed by atoms with Crippen LogP contribution < -0.4 is 5.32 Å². The fourth-order valence-electron chi connectivity index (χ4n) is 2.94. The van der Waals surface area contributed by atoms with E-state index in [1.807, 2.05) is 12.1 Å². The predicted molar refractivity (Wildman–Crippen MR) is 80.5 cm³/mol. The van der Waals surface area contributed by atoms with Crippen LogP contribution in [0, 0.1) is 10.1 Å². The summed E-state index contributed by atoms with van der Waals surface area (Å²) < 4.78 is 5.38. The Labute approximate surface area is 122 Å². The Balaban J connectivity index is 1.93. The van der Waals surface area contributed by atoms with E-state index in [2.05, 4.69) is 10.3 Å². The van der Waals surface area contributed by atoms with Crippen molar-refractivity contribution in [2.24, 2.45) is 0 Å². The van der Waals surface area contributed by atoms with Crippen LogP contribution >= 0.6 is 0 Å². The fraction of sp³-hybridized carbons (Fsp3) is 0.400. The quantitative estimate of drug-likeness (QED) is 0.690. The Hall–Kier alpha value is -2.21. The van der Waals surface area contributed by atoms with Crippen LogP contribution in [0.1, 0.15) is 19.3 Å². The van der Waals surface area contributed by atoms with Crippen LogP contribution in [0.5, 0.6) is 0 Å². The molecule has 21 heavy (non-hydrogen) atoms. The van der Waals surface area contributed by atoms with E-state index in [-0.39, 0.29) is 5.69 Å². The molecule has 0 aliphatic heterocycles. The van der Waals surface area contributed by atoms with Crippen molar-refractivity contribution in [3.05, 3.63) is 40.6 Å². The van der Waals surface area contributed by atoms with Gasteiger partial charge in [-0.15, -0.1) is 0 Å². The third-order valence-corrected chi connectivity index (χ3v) is 4.02. The molecule has 0 radical (unpaired) electrons. The number of methoxy groups -OCH3 is 1. The number of pyridine rings is 1. The summed E-state index contributed by atoms with van der Waals surface area (Å²) in [5.41, 5.74) is 1.36. The molecule has 0 spiro atoms. The first-order valence-corrected chi connectivity index (χ1v) is 7.00.